The topological polar surface area (TPSA) is 59.4 Å². The summed E-state index contributed by atoms with van der Waals surface area (Å²) in [5.41, 5.74) is 1.86. The number of amides is 1. The average molecular weight is 441 g/mol. The number of hydrogen-bond acceptors (Lipinski definition) is 5. The molecule has 0 saturated carbocycles. The Morgan fingerprint density at radius 1 is 1.26 bits per heavy atom. The van der Waals surface area contributed by atoms with Crippen molar-refractivity contribution in [3.63, 3.8) is 0 Å². The van der Waals surface area contributed by atoms with Crippen LogP contribution in [0.2, 0.25) is 0 Å². The molecule has 1 amide bonds. The van der Waals surface area contributed by atoms with Crippen LogP contribution in [-0.2, 0) is 7.05 Å². The first-order valence-corrected chi connectivity index (χ1v) is 11.9. The van der Waals surface area contributed by atoms with Crippen LogP contribution in [0.4, 0.5) is 0 Å². The van der Waals surface area contributed by atoms with Gasteiger partial charge in [-0.25, -0.2) is 0 Å². The Morgan fingerprint density at radius 2 is 2.03 bits per heavy atom. The van der Waals surface area contributed by atoms with Gasteiger partial charge in [0.25, 0.3) is 5.91 Å². The van der Waals surface area contributed by atoms with E-state index in [1.54, 1.807) is 7.11 Å². The number of nitrogens with one attached hydrogen (secondary N) is 1. The molecule has 6 nitrogen and oxygen atoms in total. The molecule has 1 aliphatic rings. The van der Waals surface area contributed by atoms with Crippen molar-refractivity contribution < 1.29 is 9.53 Å². The number of hydrogen-bond donors (Lipinski definition) is 1. The summed E-state index contributed by atoms with van der Waals surface area (Å²) in [7, 11) is 3.58. The van der Waals surface area contributed by atoms with E-state index in [-0.39, 0.29) is 5.91 Å². The van der Waals surface area contributed by atoms with Crippen molar-refractivity contribution in [2.75, 3.05) is 33.3 Å². The van der Waals surface area contributed by atoms with Crippen molar-refractivity contribution in [3.05, 3.63) is 35.2 Å². The van der Waals surface area contributed by atoms with E-state index >= 15 is 0 Å². The Kier molecular flexibility index (Phi) is 6.62. The van der Waals surface area contributed by atoms with Gasteiger partial charge in [0.1, 0.15) is 16.3 Å². The quantitative estimate of drug-likeness (QED) is 0.553. The summed E-state index contributed by atoms with van der Waals surface area (Å²) in [6.07, 6.45) is 2.30. The summed E-state index contributed by atoms with van der Waals surface area (Å²) >= 11 is 1.49. The van der Waals surface area contributed by atoms with Crippen molar-refractivity contribution in [3.8, 4) is 17.0 Å². The van der Waals surface area contributed by atoms with Gasteiger partial charge >= 0.3 is 0 Å². The maximum absolute atomic E-state index is 12.8. The third-order valence-electron chi connectivity index (χ3n) is 5.96. The molecule has 0 bridgehead atoms. The SMILES string of the molecule is COc1cccc(-c2nn(C)c3sc(C(=O)NCCCN4CC(C)CC(C)C4)cc23)c1. The van der Waals surface area contributed by atoms with Gasteiger partial charge < -0.3 is 15.0 Å². The molecule has 0 radical (unpaired) electrons. The number of rotatable bonds is 7. The van der Waals surface area contributed by atoms with Gasteiger partial charge in [-0.15, -0.1) is 11.3 Å². The number of ether oxygens (including phenoxy) is 1. The van der Waals surface area contributed by atoms with Crippen LogP contribution in [0.1, 0.15) is 36.4 Å². The second-order valence-corrected chi connectivity index (χ2v) is 9.88. The monoisotopic (exact) mass is 440 g/mol. The summed E-state index contributed by atoms with van der Waals surface area (Å²) in [4.78, 5) is 17.0. The van der Waals surface area contributed by atoms with Crippen molar-refractivity contribution in [1.29, 1.82) is 0 Å². The summed E-state index contributed by atoms with van der Waals surface area (Å²) < 4.78 is 7.20. The molecular weight excluding hydrogens is 408 g/mol. The predicted molar refractivity (Wildman–Crippen MR) is 127 cm³/mol. The van der Waals surface area contributed by atoms with Crippen LogP contribution in [0.25, 0.3) is 21.5 Å². The fraction of sp³-hybridized carbons (Fsp3) is 0.500. The largest absolute Gasteiger partial charge is 0.497 e. The number of fused-ring (bicyclic) bond motifs is 1. The van der Waals surface area contributed by atoms with Crippen molar-refractivity contribution in [2.45, 2.75) is 26.7 Å². The maximum Gasteiger partial charge on any atom is 0.261 e. The molecule has 1 aliphatic heterocycles. The molecule has 2 unspecified atom stereocenters. The lowest BCUT2D eigenvalue weighted by atomic mass is 9.92. The molecule has 3 aromatic rings. The van der Waals surface area contributed by atoms with Crippen LogP contribution in [0, 0.1) is 11.8 Å². The Labute approximate surface area is 188 Å². The number of nitrogens with zero attached hydrogens (tertiary/aromatic N) is 3. The molecule has 2 atom stereocenters. The minimum atomic E-state index is -0.00169. The van der Waals surface area contributed by atoms with Gasteiger partial charge in [0.05, 0.1) is 12.0 Å². The zero-order valence-corrected chi connectivity index (χ0v) is 19.7. The lowest BCUT2D eigenvalue weighted by Gasteiger charge is -2.34. The third kappa shape index (κ3) is 4.93. The van der Waals surface area contributed by atoms with E-state index in [0.29, 0.717) is 6.54 Å². The number of thiophene rings is 1. The van der Waals surface area contributed by atoms with Crippen LogP contribution < -0.4 is 10.1 Å². The number of methoxy groups -OCH3 is 1. The van der Waals surface area contributed by atoms with Gasteiger partial charge in [-0.3, -0.25) is 9.48 Å². The van der Waals surface area contributed by atoms with Crippen LogP contribution in [-0.4, -0.2) is 53.9 Å². The van der Waals surface area contributed by atoms with E-state index in [0.717, 1.165) is 56.9 Å². The summed E-state index contributed by atoms with van der Waals surface area (Å²) in [6.45, 7) is 8.77. The number of aromatic nitrogens is 2. The van der Waals surface area contributed by atoms with Gasteiger partial charge in [-0.05, 0) is 49.4 Å². The number of aryl methyl sites for hydroxylation is 1. The Bertz CT molecular complexity index is 1050. The summed E-state index contributed by atoms with van der Waals surface area (Å²) in [5.74, 6) is 2.33. The molecule has 0 spiro atoms. The molecule has 1 aromatic carbocycles. The third-order valence-corrected chi connectivity index (χ3v) is 7.16. The van der Waals surface area contributed by atoms with Crippen LogP contribution in [0.3, 0.4) is 0 Å². The normalized spacial score (nSPS) is 19.6. The number of piperidine rings is 1. The fourth-order valence-electron chi connectivity index (χ4n) is 4.70. The van der Waals surface area contributed by atoms with E-state index in [1.165, 1.54) is 30.8 Å². The van der Waals surface area contributed by atoms with Crippen molar-refractivity contribution in [2.24, 2.45) is 18.9 Å². The zero-order valence-electron chi connectivity index (χ0n) is 18.9. The number of carbonyl (C=O) groups is 1. The Balaban J connectivity index is 1.40. The van der Waals surface area contributed by atoms with Crippen LogP contribution >= 0.6 is 11.3 Å². The molecule has 1 fully saturated rings. The lowest BCUT2D eigenvalue weighted by molar-refractivity contribution is 0.0951. The van der Waals surface area contributed by atoms with Crippen LogP contribution in [0.15, 0.2) is 30.3 Å². The second-order valence-electron chi connectivity index (χ2n) is 8.85. The van der Waals surface area contributed by atoms with E-state index in [2.05, 4.69) is 29.2 Å². The molecule has 2 aromatic heterocycles. The van der Waals surface area contributed by atoms with Crippen LogP contribution in [0.5, 0.6) is 5.75 Å². The molecule has 7 heteroatoms. The Hall–Kier alpha value is -2.38. The van der Waals surface area contributed by atoms with Gasteiger partial charge in [-0.2, -0.15) is 5.10 Å². The molecule has 166 valence electrons. The van der Waals surface area contributed by atoms with E-state index in [1.807, 2.05) is 42.1 Å². The highest BCUT2D eigenvalue weighted by atomic mass is 32.1. The van der Waals surface area contributed by atoms with Gasteiger partial charge in [-0.1, -0.05) is 26.0 Å². The maximum atomic E-state index is 12.8. The fourth-order valence-corrected chi connectivity index (χ4v) is 5.69. The standard InChI is InChI=1S/C24H32N4O2S/c1-16-11-17(2)15-28(14-16)10-6-9-25-23(29)21-13-20-22(26-27(3)24(20)31-21)18-7-5-8-19(12-18)30-4/h5,7-8,12-13,16-17H,6,9-11,14-15H2,1-4H3,(H,25,29). The first-order valence-electron chi connectivity index (χ1n) is 11.1. The van der Waals surface area contributed by atoms with Crippen molar-refractivity contribution in [1.82, 2.24) is 20.0 Å². The molecule has 31 heavy (non-hydrogen) atoms. The Morgan fingerprint density at radius 3 is 2.77 bits per heavy atom. The highest BCUT2D eigenvalue weighted by Gasteiger charge is 2.21. The first kappa shape index (κ1) is 21.8. The number of carbonyl (C=O) groups excluding carboxylic acids is 1. The predicted octanol–water partition coefficient (Wildman–Crippen LogP) is 4.41. The summed E-state index contributed by atoms with van der Waals surface area (Å²) in [6, 6.07) is 9.83. The molecule has 1 N–H and O–H groups in total. The van der Waals surface area contributed by atoms with Gasteiger partial charge in [0.15, 0.2) is 0 Å². The smallest absolute Gasteiger partial charge is 0.261 e. The lowest BCUT2D eigenvalue weighted by Crippen LogP contribution is -2.40. The van der Waals surface area contributed by atoms with E-state index < -0.39 is 0 Å². The zero-order chi connectivity index (χ0) is 22.0. The highest BCUT2D eigenvalue weighted by Crippen LogP contribution is 2.34. The van der Waals surface area contributed by atoms with E-state index in [9.17, 15) is 4.79 Å². The van der Waals surface area contributed by atoms with Crippen molar-refractivity contribution >= 4 is 27.5 Å². The molecular formula is C24H32N4O2S. The molecule has 3 heterocycles. The van der Waals surface area contributed by atoms with Gasteiger partial charge in [0.2, 0.25) is 0 Å². The minimum absolute atomic E-state index is 0.00169. The summed E-state index contributed by atoms with van der Waals surface area (Å²) in [5, 5.41) is 8.78. The first-order chi connectivity index (χ1) is 14.9. The second kappa shape index (κ2) is 9.40. The number of benzene rings is 1. The number of likely N-dealkylation sites (tertiary alicyclic amines) is 1. The molecule has 1 saturated heterocycles. The van der Waals surface area contributed by atoms with Gasteiger partial charge in [0, 0.05) is 37.6 Å². The molecule has 4 rings (SSSR count). The molecule has 0 aliphatic carbocycles. The highest BCUT2D eigenvalue weighted by molar-refractivity contribution is 7.20. The minimum Gasteiger partial charge on any atom is -0.497 e. The average Bonchev–Trinajstić information content (AvgIpc) is 3.31. The van der Waals surface area contributed by atoms with E-state index in [4.69, 9.17) is 4.74 Å².